The number of amidine groups is 1. The van der Waals surface area contributed by atoms with Gasteiger partial charge < -0.3 is 20.1 Å². The van der Waals surface area contributed by atoms with Crippen LogP contribution in [0.1, 0.15) is 41.0 Å². The number of nitrogen functional groups attached to an aromatic ring is 1. The number of nitrogens with one attached hydrogen (secondary N) is 1. The topological polar surface area (TPSA) is 106 Å². The molecule has 0 bridgehead atoms. The minimum Gasteiger partial charge on any atom is -0.466 e. The van der Waals surface area contributed by atoms with Crippen LogP contribution in [0.2, 0.25) is 0 Å². The van der Waals surface area contributed by atoms with E-state index in [9.17, 15) is 9.59 Å². The number of carbonyl (C=O) groups is 2. The highest BCUT2D eigenvalue weighted by Crippen LogP contribution is 2.44. The van der Waals surface area contributed by atoms with Crippen molar-refractivity contribution in [2.45, 2.75) is 18.8 Å². The van der Waals surface area contributed by atoms with Crippen LogP contribution in [0.3, 0.4) is 0 Å². The number of carbonyl (C=O) groups excluding carboxylic acids is 2. The predicted octanol–water partition coefficient (Wildman–Crippen LogP) is 4.50. The van der Waals surface area contributed by atoms with Gasteiger partial charge in [-0.3, -0.25) is 10.2 Å². The van der Waals surface area contributed by atoms with Crippen LogP contribution in [0.5, 0.6) is 0 Å². The summed E-state index contributed by atoms with van der Waals surface area (Å²) >= 11 is 0. The number of rotatable bonds is 6. The standard InChI is InChI=1S/C29H29N3O4/c1-2-35-28(33)25-16-32(15-24(25)18-8-7-9-19(14-18)27(30)31)29(34)36-17-26-22-12-5-3-10-20(22)21-11-4-6-13-23(21)26/h3-14,24-26H,2,15-17H2,1H3,(H3,30,31)/t24-,25+/m1/s1. The summed E-state index contributed by atoms with van der Waals surface area (Å²) in [5.74, 6) is -1.22. The number of hydrogen-bond acceptors (Lipinski definition) is 5. The van der Waals surface area contributed by atoms with Crippen LogP contribution >= 0.6 is 0 Å². The molecule has 2 aliphatic rings. The maximum Gasteiger partial charge on any atom is 0.409 e. The normalized spacial score (nSPS) is 18.4. The average molecular weight is 484 g/mol. The molecule has 1 fully saturated rings. The Morgan fingerprint density at radius 1 is 0.944 bits per heavy atom. The molecule has 1 saturated heterocycles. The van der Waals surface area contributed by atoms with Crippen molar-refractivity contribution in [2.75, 3.05) is 26.3 Å². The molecule has 184 valence electrons. The fourth-order valence-electron chi connectivity index (χ4n) is 5.40. The monoisotopic (exact) mass is 483 g/mol. The molecule has 1 amide bonds. The van der Waals surface area contributed by atoms with Crippen molar-refractivity contribution in [3.8, 4) is 11.1 Å². The lowest BCUT2D eigenvalue weighted by atomic mass is 9.88. The van der Waals surface area contributed by atoms with E-state index in [0.717, 1.165) is 16.7 Å². The zero-order valence-electron chi connectivity index (χ0n) is 20.1. The zero-order valence-corrected chi connectivity index (χ0v) is 20.1. The molecule has 0 saturated carbocycles. The smallest absolute Gasteiger partial charge is 0.409 e. The largest absolute Gasteiger partial charge is 0.466 e. The summed E-state index contributed by atoms with van der Waals surface area (Å²) in [5, 5.41) is 7.75. The van der Waals surface area contributed by atoms with Crippen molar-refractivity contribution in [3.63, 3.8) is 0 Å². The molecule has 36 heavy (non-hydrogen) atoms. The van der Waals surface area contributed by atoms with Gasteiger partial charge >= 0.3 is 12.1 Å². The molecule has 7 heteroatoms. The van der Waals surface area contributed by atoms with E-state index in [2.05, 4.69) is 24.3 Å². The number of esters is 1. The van der Waals surface area contributed by atoms with Gasteiger partial charge in [0.25, 0.3) is 0 Å². The lowest BCUT2D eigenvalue weighted by Gasteiger charge is -2.19. The first-order valence-corrected chi connectivity index (χ1v) is 12.2. The van der Waals surface area contributed by atoms with E-state index in [0.29, 0.717) is 12.1 Å². The van der Waals surface area contributed by atoms with E-state index in [-0.39, 0.29) is 43.4 Å². The Morgan fingerprint density at radius 3 is 2.25 bits per heavy atom. The highest BCUT2D eigenvalue weighted by Gasteiger charge is 2.42. The quantitative estimate of drug-likeness (QED) is 0.305. The molecule has 0 aromatic heterocycles. The van der Waals surface area contributed by atoms with Gasteiger partial charge in [-0.25, -0.2) is 4.79 Å². The second kappa shape index (κ2) is 9.85. The van der Waals surface area contributed by atoms with E-state index < -0.39 is 12.0 Å². The molecule has 5 rings (SSSR count). The summed E-state index contributed by atoms with van der Waals surface area (Å²) in [6.07, 6.45) is -0.448. The van der Waals surface area contributed by atoms with Crippen LogP contribution in [0.25, 0.3) is 11.1 Å². The molecule has 2 atom stereocenters. The second-order valence-corrected chi connectivity index (χ2v) is 9.21. The third-order valence-corrected chi connectivity index (χ3v) is 7.13. The Labute approximate surface area is 210 Å². The molecular formula is C29H29N3O4. The van der Waals surface area contributed by atoms with E-state index in [1.165, 1.54) is 11.1 Å². The Hall–Kier alpha value is -4.13. The summed E-state index contributed by atoms with van der Waals surface area (Å²) in [6, 6.07) is 23.7. The average Bonchev–Trinajstić information content (AvgIpc) is 3.48. The first-order chi connectivity index (χ1) is 17.5. The predicted molar refractivity (Wildman–Crippen MR) is 137 cm³/mol. The molecule has 0 unspecified atom stereocenters. The van der Waals surface area contributed by atoms with Gasteiger partial charge in [-0.05, 0) is 40.8 Å². The Balaban J connectivity index is 1.34. The molecule has 3 N–H and O–H groups in total. The van der Waals surface area contributed by atoms with Gasteiger partial charge in [0.05, 0.1) is 12.5 Å². The maximum atomic E-state index is 13.2. The van der Waals surface area contributed by atoms with Crippen LogP contribution in [0.15, 0.2) is 72.8 Å². The molecule has 0 radical (unpaired) electrons. The highest BCUT2D eigenvalue weighted by molar-refractivity contribution is 5.95. The van der Waals surface area contributed by atoms with Gasteiger partial charge in [0.15, 0.2) is 0 Å². The molecule has 1 aliphatic carbocycles. The van der Waals surface area contributed by atoms with Gasteiger partial charge in [0, 0.05) is 30.5 Å². The minimum atomic E-state index is -0.521. The summed E-state index contributed by atoms with van der Waals surface area (Å²) in [7, 11) is 0. The van der Waals surface area contributed by atoms with Gasteiger partial charge in [-0.15, -0.1) is 0 Å². The number of nitrogens with zero attached hydrogens (tertiary/aromatic N) is 1. The molecule has 1 aliphatic heterocycles. The van der Waals surface area contributed by atoms with Crippen molar-refractivity contribution in [2.24, 2.45) is 11.7 Å². The lowest BCUT2D eigenvalue weighted by molar-refractivity contribution is -0.147. The van der Waals surface area contributed by atoms with Crippen LogP contribution in [0.4, 0.5) is 4.79 Å². The van der Waals surface area contributed by atoms with Crippen LogP contribution in [0, 0.1) is 11.3 Å². The maximum absolute atomic E-state index is 13.2. The van der Waals surface area contributed by atoms with Crippen LogP contribution in [-0.4, -0.2) is 49.1 Å². The summed E-state index contributed by atoms with van der Waals surface area (Å²) in [4.78, 5) is 27.6. The van der Waals surface area contributed by atoms with Gasteiger partial charge in [0.1, 0.15) is 12.4 Å². The Morgan fingerprint density at radius 2 is 1.61 bits per heavy atom. The van der Waals surface area contributed by atoms with Crippen LogP contribution < -0.4 is 5.73 Å². The third-order valence-electron chi connectivity index (χ3n) is 7.13. The van der Waals surface area contributed by atoms with Crippen molar-refractivity contribution in [3.05, 3.63) is 95.1 Å². The van der Waals surface area contributed by atoms with E-state index in [4.69, 9.17) is 20.6 Å². The van der Waals surface area contributed by atoms with E-state index >= 15 is 0 Å². The minimum absolute atomic E-state index is 0.0344. The zero-order chi connectivity index (χ0) is 25.2. The fraction of sp³-hybridized carbons (Fsp3) is 0.276. The van der Waals surface area contributed by atoms with Crippen molar-refractivity contribution in [1.82, 2.24) is 4.90 Å². The third kappa shape index (κ3) is 4.33. The first-order valence-electron chi connectivity index (χ1n) is 12.2. The van der Waals surface area contributed by atoms with E-state index in [1.54, 1.807) is 24.0 Å². The summed E-state index contributed by atoms with van der Waals surface area (Å²) in [6.45, 7) is 2.78. The highest BCUT2D eigenvalue weighted by atomic mass is 16.6. The Kier molecular flexibility index (Phi) is 6.46. The Bertz CT molecular complexity index is 1280. The van der Waals surface area contributed by atoms with Crippen LogP contribution in [-0.2, 0) is 14.3 Å². The molecule has 1 heterocycles. The number of nitrogens with two attached hydrogens (primary N) is 1. The second-order valence-electron chi connectivity index (χ2n) is 9.21. The SMILES string of the molecule is CCOC(=O)[C@H]1CN(C(=O)OCC2c3ccccc3-c3ccccc32)C[C@@H]1c1cccc(C(=N)N)c1. The molecule has 0 spiro atoms. The number of amides is 1. The summed E-state index contributed by atoms with van der Waals surface area (Å²) < 4.78 is 11.2. The first kappa shape index (κ1) is 23.6. The summed E-state index contributed by atoms with van der Waals surface area (Å²) in [5.41, 5.74) is 11.7. The van der Waals surface area contributed by atoms with Gasteiger partial charge in [0.2, 0.25) is 0 Å². The molecule has 7 nitrogen and oxygen atoms in total. The lowest BCUT2D eigenvalue weighted by Crippen LogP contribution is -2.31. The van der Waals surface area contributed by atoms with Gasteiger partial charge in [-0.1, -0.05) is 66.7 Å². The number of hydrogen-bond donors (Lipinski definition) is 2. The molecule has 3 aromatic rings. The fourth-order valence-corrected chi connectivity index (χ4v) is 5.40. The number of likely N-dealkylation sites (tertiary alicyclic amines) is 1. The number of fused-ring (bicyclic) bond motifs is 3. The van der Waals surface area contributed by atoms with Crippen molar-refractivity contribution in [1.29, 1.82) is 5.41 Å². The van der Waals surface area contributed by atoms with Crippen molar-refractivity contribution < 1.29 is 19.1 Å². The molecular weight excluding hydrogens is 454 g/mol. The van der Waals surface area contributed by atoms with E-state index in [1.807, 2.05) is 36.4 Å². The number of ether oxygens (including phenoxy) is 2. The van der Waals surface area contributed by atoms with Crippen molar-refractivity contribution >= 4 is 17.9 Å². The number of benzene rings is 3. The van der Waals surface area contributed by atoms with Gasteiger partial charge in [-0.2, -0.15) is 0 Å². The molecule has 3 aromatic carbocycles.